The Morgan fingerprint density at radius 3 is 2.25 bits per heavy atom. The highest BCUT2D eigenvalue weighted by atomic mass is 32.2. The Balaban J connectivity index is 3.29. The molecule has 5 nitrogen and oxygen atoms in total. The van der Waals surface area contributed by atoms with Gasteiger partial charge in [0.05, 0.1) is 14.2 Å². The van der Waals surface area contributed by atoms with Gasteiger partial charge in [-0.15, -0.1) is 0 Å². The maximum atomic E-state index is 12.6. The van der Waals surface area contributed by atoms with Gasteiger partial charge in [-0.3, -0.25) is 0 Å². The lowest BCUT2D eigenvalue weighted by Crippen LogP contribution is -2.28. The van der Waals surface area contributed by atoms with Crippen molar-refractivity contribution >= 4 is 10.0 Å². The van der Waals surface area contributed by atoms with Crippen LogP contribution in [0.2, 0.25) is 0 Å². The van der Waals surface area contributed by atoms with Crippen molar-refractivity contribution in [2.24, 2.45) is 0 Å². The maximum Gasteiger partial charge on any atom is 0.246 e. The van der Waals surface area contributed by atoms with Gasteiger partial charge in [-0.2, -0.15) is 0 Å². The number of hydrogen-bond donors (Lipinski definition) is 0. The minimum absolute atomic E-state index is 0.140. The average Bonchev–Trinajstić information content (AvgIpc) is 2.43. The smallest absolute Gasteiger partial charge is 0.246 e. The Bertz CT molecular complexity index is 555. The normalized spacial score (nSPS) is 11.7. The van der Waals surface area contributed by atoms with Crippen molar-refractivity contribution in [3.63, 3.8) is 0 Å². The Morgan fingerprint density at radius 2 is 1.75 bits per heavy atom. The third kappa shape index (κ3) is 3.43. The number of rotatable bonds is 7. The van der Waals surface area contributed by atoms with Gasteiger partial charge < -0.3 is 9.47 Å². The molecule has 0 aliphatic carbocycles. The van der Waals surface area contributed by atoms with Crippen molar-refractivity contribution in [1.29, 1.82) is 0 Å². The summed E-state index contributed by atoms with van der Waals surface area (Å²) in [5, 5.41) is 0. The summed E-state index contributed by atoms with van der Waals surface area (Å²) in [5.74, 6) is 0.875. The number of hydrogen-bond acceptors (Lipinski definition) is 4. The number of unbranched alkanes of at least 4 members (excludes halogenated alkanes) is 1. The van der Waals surface area contributed by atoms with E-state index in [4.69, 9.17) is 9.47 Å². The summed E-state index contributed by atoms with van der Waals surface area (Å²) in [6.45, 7) is 4.35. The molecule has 1 aromatic rings. The Hall–Kier alpha value is -1.27. The molecule has 0 saturated heterocycles. The summed E-state index contributed by atoms with van der Waals surface area (Å²) in [6, 6.07) is 3.20. The van der Waals surface area contributed by atoms with Crippen LogP contribution in [0.15, 0.2) is 17.0 Å². The largest absolute Gasteiger partial charge is 0.496 e. The Kier molecular flexibility index (Phi) is 5.83. The zero-order valence-corrected chi connectivity index (χ0v) is 13.6. The third-order valence-corrected chi connectivity index (χ3v) is 5.07. The van der Waals surface area contributed by atoms with Gasteiger partial charge in [-0.1, -0.05) is 13.3 Å². The molecule has 6 heteroatoms. The highest BCUT2D eigenvalue weighted by molar-refractivity contribution is 7.89. The van der Waals surface area contributed by atoms with E-state index in [1.54, 1.807) is 13.1 Å². The first-order chi connectivity index (χ1) is 9.38. The van der Waals surface area contributed by atoms with Gasteiger partial charge >= 0.3 is 0 Å². The molecule has 0 fully saturated rings. The molecule has 0 aromatic heterocycles. The molecule has 0 saturated carbocycles. The van der Waals surface area contributed by atoms with E-state index in [1.165, 1.54) is 24.6 Å². The van der Waals surface area contributed by atoms with E-state index >= 15 is 0 Å². The van der Waals surface area contributed by atoms with E-state index in [9.17, 15) is 8.42 Å². The molecule has 0 heterocycles. The average molecular weight is 301 g/mol. The highest BCUT2D eigenvalue weighted by Gasteiger charge is 2.25. The van der Waals surface area contributed by atoms with Crippen molar-refractivity contribution in [1.82, 2.24) is 4.31 Å². The number of nitrogens with zero attached hydrogens (tertiary/aromatic N) is 1. The quantitative estimate of drug-likeness (QED) is 0.776. The molecule has 0 aliphatic rings. The first-order valence-electron chi connectivity index (χ1n) is 6.57. The van der Waals surface area contributed by atoms with E-state index in [-0.39, 0.29) is 4.90 Å². The fraction of sp³-hybridized carbons (Fsp3) is 0.571. The van der Waals surface area contributed by atoms with Crippen LogP contribution in [0.3, 0.4) is 0 Å². The van der Waals surface area contributed by atoms with Crippen molar-refractivity contribution in [3.8, 4) is 11.5 Å². The predicted octanol–water partition coefficient (Wildman–Crippen LogP) is 2.43. The van der Waals surface area contributed by atoms with Gasteiger partial charge in [0.25, 0.3) is 0 Å². The molecule has 0 unspecified atom stereocenters. The van der Waals surface area contributed by atoms with Crippen LogP contribution in [0.1, 0.15) is 25.3 Å². The van der Waals surface area contributed by atoms with Crippen LogP contribution in [0, 0.1) is 6.92 Å². The Morgan fingerprint density at radius 1 is 1.15 bits per heavy atom. The van der Waals surface area contributed by atoms with Gasteiger partial charge in [0.2, 0.25) is 10.0 Å². The molecule has 1 aromatic carbocycles. The molecule has 114 valence electrons. The minimum atomic E-state index is -3.57. The maximum absolute atomic E-state index is 12.6. The molecule has 0 aliphatic heterocycles. The predicted molar refractivity (Wildman–Crippen MR) is 79.0 cm³/mol. The molecule has 1 rings (SSSR count). The van der Waals surface area contributed by atoms with Gasteiger partial charge in [0, 0.05) is 19.7 Å². The molecular formula is C14H23NO4S. The fourth-order valence-electron chi connectivity index (χ4n) is 1.89. The summed E-state index contributed by atoms with van der Waals surface area (Å²) in [6.07, 6.45) is 1.76. The SMILES string of the molecule is CCCCN(C)S(=O)(=O)c1cc(OC)c(C)cc1OC. The zero-order valence-electron chi connectivity index (χ0n) is 12.8. The summed E-state index contributed by atoms with van der Waals surface area (Å²) in [5.41, 5.74) is 0.833. The monoisotopic (exact) mass is 301 g/mol. The fourth-order valence-corrected chi connectivity index (χ4v) is 3.25. The van der Waals surface area contributed by atoms with E-state index in [2.05, 4.69) is 0 Å². The van der Waals surface area contributed by atoms with Crippen LogP contribution in [0.5, 0.6) is 11.5 Å². The molecule has 0 amide bonds. The Labute approximate surface area is 121 Å². The number of sulfonamides is 1. The standard InChI is InChI=1S/C14H23NO4S/c1-6-7-8-15(3)20(16,17)14-10-12(18-4)11(2)9-13(14)19-5/h9-10H,6-8H2,1-5H3. The summed E-state index contributed by atoms with van der Waals surface area (Å²) < 4.78 is 36.9. The van der Waals surface area contributed by atoms with E-state index in [0.29, 0.717) is 18.0 Å². The van der Waals surface area contributed by atoms with Crippen LogP contribution >= 0.6 is 0 Å². The summed E-state index contributed by atoms with van der Waals surface area (Å²) in [7, 11) is 0.990. The molecule has 0 atom stereocenters. The third-order valence-electron chi connectivity index (χ3n) is 3.20. The van der Waals surface area contributed by atoms with E-state index in [1.807, 2.05) is 13.8 Å². The van der Waals surface area contributed by atoms with Gasteiger partial charge in [-0.05, 0) is 25.0 Å². The zero-order chi connectivity index (χ0) is 15.3. The van der Waals surface area contributed by atoms with Crippen LogP contribution < -0.4 is 9.47 Å². The number of benzene rings is 1. The van der Waals surface area contributed by atoms with Crippen LogP contribution in [-0.4, -0.2) is 40.5 Å². The van der Waals surface area contributed by atoms with Crippen LogP contribution in [0.4, 0.5) is 0 Å². The second-order valence-electron chi connectivity index (χ2n) is 4.65. The van der Waals surface area contributed by atoms with E-state index < -0.39 is 10.0 Å². The van der Waals surface area contributed by atoms with Crippen LogP contribution in [0.25, 0.3) is 0 Å². The van der Waals surface area contributed by atoms with Crippen molar-refractivity contribution in [3.05, 3.63) is 17.7 Å². The highest BCUT2D eigenvalue weighted by Crippen LogP contribution is 2.33. The number of ether oxygens (including phenoxy) is 2. The lowest BCUT2D eigenvalue weighted by Gasteiger charge is -2.19. The molecule has 0 spiro atoms. The molecule has 0 N–H and O–H groups in total. The van der Waals surface area contributed by atoms with Crippen LogP contribution in [-0.2, 0) is 10.0 Å². The first-order valence-corrected chi connectivity index (χ1v) is 8.01. The van der Waals surface area contributed by atoms with Crippen molar-refractivity contribution < 1.29 is 17.9 Å². The number of methoxy groups -OCH3 is 2. The molecule has 0 radical (unpaired) electrons. The molecular weight excluding hydrogens is 278 g/mol. The number of aryl methyl sites for hydroxylation is 1. The topological polar surface area (TPSA) is 55.8 Å². The lowest BCUT2D eigenvalue weighted by molar-refractivity contribution is 0.386. The second-order valence-corrected chi connectivity index (χ2v) is 6.67. The van der Waals surface area contributed by atoms with Crippen molar-refractivity contribution in [2.75, 3.05) is 27.8 Å². The second kappa shape index (κ2) is 6.95. The van der Waals surface area contributed by atoms with E-state index in [0.717, 1.165) is 18.4 Å². The molecule has 20 heavy (non-hydrogen) atoms. The lowest BCUT2D eigenvalue weighted by atomic mass is 10.2. The van der Waals surface area contributed by atoms with Gasteiger partial charge in [0.1, 0.15) is 16.4 Å². The summed E-state index contributed by atoms with van der Waals surface area (Å²) in [4.78, 5) is 0.140. The summed E-state index contributed by atoms with van der Waals surface area (Å²) >= 11 is 0. The van der Waals surface area contributed by atoms with Gasteiger partial charge in [0.15, 0.2) is 0 Å². The first kappa shape index (κ1) is 16.8. The van der Waals surface area contributed by atoms with Crippen molar-refractivity contribution in [2.45, 2.75) is 31.6 Å². The van der Waals surface area contributed by atoms with Gasteiger partial charge in [-0.25, -0.2) is 12.7 Å². The molecule has 0 bridgehead atoms. The minimum Gasteiger partial charge on any atom is -0.496 e.